The molecule has 2 nitrogen and oxygen atoms in total. The number of phenols is 1. The van der Waals surface area contributed by atoms with Gasteiger partial charge in [-0.2, -0.15) is 0 Å². The summed E-state index contributed by atoms with van der Waals surface area (Å²) in [5.41, 5.74) is 1.00. The maximum Gasteiger partial charge on any atom is 0.120 e. The van der Waals surface area contributed by atoms with E-state index < -0.39 is 0 Å². The Morgan fingerprint density at radius 1 is 1.11 bits per heavy atom. The van der Waals surface area contributed by atoms with Crippen molar-refractivity contribution in [2.75, 3.05) is 6.54 Å². The molecule has 19 heavy (non-hydrogen) atoms. The fourth-order valence-electron chi connectivity index (χ4n) is 2.36. The van der Waals surface area contributed by atoms with Crippen LogP contribution in [0.2, 0.25) is 0 Å². The Morgan fingerprint density at radius 3 is 2.68 bits per heavy atom. The van der Waals surface area contributed by atoms with Crippen molar-refractivity contribution in [2.24, 2.45) is 5.92 Å². The second kappa shape index (κ2) is 6.58. The van der Waals surface area contributed by atoms with Crippen LogP contribution in [0.15, 0.2) is 36.4 Å². The number of benzene rings is 2. The van der Waals surface area contributed by atoms with E-state index in [2.05, 4.69) is 31.3 Å². The molecule has 2 aromatic carbocycles. The highest BCUT2D eigenvalue weighted by atomic mass is 16.3. The van der Waals surface area contributed by atoms with Gasteiger partial charge >= 0.3 is 0 Å². The van der Waals surface area contributed by atoms with Gasteiger partial charge in [0.25, 0.3) is 0 Å². The van der Waals surface area contributed by atoms with Gasteiger partial charge in [-0.25, -0.2) is 0 Å². The molecule has 0 radical (unpaired) electrons. The van der Waals surface area contributed by atoms with Crippen LogP contribution in [-0.2, 0) is 6.54 Å². The molecule has 2 rings (SSSR count). The molecule has 2 heteroatoms. The molecule has 0 spiro atoms. The summed E-state index contributed by atoms with van der Waals surface area (Å²) >= 11 is 0. The number of hydrogen-bond acceptors (Lipinski definition) is 2. The van der Waals surface area contributed by atoms with E-state index in [0.717, 1.165) is 30.0 Å². The van der Waals surface area contributed by atoms with Crippen molar-refractivity contribution in [3.63, 3.8) is 0 Å². The van der Waals surface area contributed by atoms with E-state index in [0.29, 0.717) is 5.75 Å². The molecule has 0 saturated carbocycles. The van der Waals surface area contributed by atoms with Gasteiger partial charge in [0.15, 0.2) is 0 Å². The van der Waals surface area contributed by atoms with Gasteiger partial charge in [0, 0.05) is 12.1 Å². The summed E-state index contributed by atoms with van der Waals surface area (Å²) < 4.78 is 0. The van der Waals surface area contributed by atoms with E-state index in [4.69, 9.17) is 0 Å². The van der Waals surface area contributed by atoms with Gasteiger partial charge in [0.2, 0.25) is 0 Å². The number of nitrogens with one attached hydrogen (secondary N) is 1. The average Bonchev–Trinajstić information content (AvgIpc) is 2.40. The lowest BCUT2D eigenvalue weighted by Crippen LogP contribution is -2.15. The van der Waals surface area contributed by atoms with Gasteiger partial charge in [-0.15, -0.1) is 0 Å². The Hall–Kier alpha value is -1.54. The summed E-state index contributed by atoms with van der Waals surface area (Å²) in [6, 6.07) is 11.9. The van der Waals surface area contributed by atoms with Gasteiger partial charge < -0.3 is 10.4 Å². The van der Waals surface area contributed by atoms with Crippen molar-refractivity contribution >= 4 is 10.8 Å². The molecular formula is C17H23NO. The highest BCUT2D eigenvalue weighted by Crippen LogP contribution is 2.26. The van der Waals surface area contributed by atoms with Crippen LogP contribution in [0, 0.1) is 5.92 Å². The fourth-order valence-corrected chi connectivity index (χ4v) is 2.36. The number of hydrogen-bond donors (Lipinski definition) is 2. The van der Waals surface area contributed by atoms with Crippen molar-refractivity contribution in [1.29, 1.82) is 0 Å². The topological polar surface area (TPSA) is 32.3 Å². The number of aromatic hydroxyl groups is 1. The zero-order chi connectivity index (χ0) is 13.7. The Labute approximate surface area is 115 Å². The van der Waals surface area contributed by atoms with Gasteiger partial charge in [-0.1, -0.05) is 44.2 Å². The lowest BCUT2D eigenvalue weighted by atomic mass is 10.0. The molecule has 0 bridgehead atoms. The van der Waals surface area contributed by atoms with Crippen LogP contribution in [0.25, 0.3) is 10.8 Å². The van der Waals surface area contributed by atoms with Crippen molar-refractivity contribution < 1.29 is 5.11 Å². The zero-order valence-electron chi connectivity index (χ0n) is 11.8. The molecule has 0 unspecified atom stereocenters. The fraction of sp³-hybridized carbons (Fsp3) is 0.412. The largest absolute Gasteiger partial charge is 0.508 e. The Bertz CT molecular complexity index is 534. The molecule has 0 fully saturated rings. The molecule has 0 heterocycles. The molecule has 0 aliphatic carbocycles. The van der Waals surface area contributed by atoms with Crippen LogP contribution >= 0.6 is 0 Å². The Balaban J connectivity index is 2.01. The lowest BCUT2D eigenvalue weighted by molar-refractivity contribution is 0.463. The van der Waals surface area contributed by atoms with Crippen molar-refractivity contribution in [1.82, 2.24) is 5.32 Å². The predicted molar refractivity (Wildman–Crippen MR) is 81.4 cm³/mol. The summed E-state index contributed by atoms with van der Waals surface area (Å²) in [6.45, 7) is 6.22. The van der Waals surface area contributed by atoms with Crippen LogP contribution in [0.5, 0.6) is 5.75 Å². The molecule has 0 atom stereocenters. The second-order valence-corrected chi connectivity index (χ2v) is 5.50. The highest BCUT2D eigenvalue weighted by molar-refractivity contribution is 5.87. The lowest BCUT2D eigenvalue weighted by Gasteiger charge is -2.11. The van der Waals surface area contributed by atoms with Crippen molar-refractivity contribution in [3.8, 4) is 5.75 Å². The third kappa shape index (κ3) is 3.71. The van der Waals surface area contributed by atoms with E-state index in [9.17, 15) is 5.11 Å². The zero-order valence-corrected chi connectivity index (χ0v) is 11.8. The predicted octanol–water partition coefficient (Wildman–Crippen LogP) is 4.07. The van der Waals surface area contributed by atoms with Crippen molar-refractivity contribution in [3.05, 3.63) is 42.0 Å². The minimum Gasteiger partial charge on any atom is -0.508 e. The maximum absolute atomic E-state index is 10.0. The second-order valence-electron chi connectivity index (χ2n) is 5.50. The molecule has 2 N–H and O–H groups in total. The van der Waals surface area contributed by atoms with Crippen LogP contribution in [0.1, 0.15) is 32.3 Å². The quantitative estimate of drug-likeness (QED) is 0.764. The van der Waals surface area contributed by atoms with E-state index in [1.807, 2.05) is 18.2 Å². The maximum atomic E-state index is 10.0. The number of fused-ring (bicyclic) bond motifs is 1. The van der Waals surface area contributed by atoms with Crippen LogP contribution in [-0.4, -0.2) is 11.7 Å². The minimum absolute atomic E-state index is 0.384. The summed E-state index contributed by atoms with van der Waals surface area (Å²) in [5.74, 6) is 1.14. The number of rotatable bonds is 6. The van der Waals surface area contributed by atoms with Gasteiger partial charge in [0.05, 0.1) is 0 Å². The SMILES string of the molecule is CC(C)CCCNCc1c(O)ccc2ccccc12. The smallest absolute Gasteiger partial charge is 0.120 e. The van der Waals surface area contributed by atoms with E-state index in [1.54, 1.807) is 6.07 Å². The Morgan fingerprint density at radius 2 is 1.89 bits per heavy atom. The van der Waals surface area contributed by atoms with Crippen molar-refractivity contribution in [2.45, 2.75) is 33.2 Å². The monoisotopic (exact) mass is 257 g/mol. The van der Waals surface area contributed by atoms with Gasteiger partial charge in [-0.05, 0) is 42.1 Å². The first kappa shape index (κ1) is 13.9. The summed E-state index contributed by atoms with van der Waals surface area (Å²) in [4.78, 5) is 0. The summed E-state index contributed by atoms with van der Waals surface area (Å²) in [6.07, 6.45) is 2.43. The molecule has 2 aromatic rings. The first-order valence-corrected chi connectivity index (χ1v) is 7.09. The molecule has 102 valence electrons. The van der Waals surface area contributed by atoms with Gasteiger partial charge in [0.1, 0.15) is 5.75 Å². The van der Waals surface area contributed by atoms with E-state index >= 15 is 0 Å². The van der Waals surface area contributed by atoms with Gasteiger partial charge in [-0.3, -0.25) is 0 Å². The molecular weight excluding hydrogens is 234 g/mol. The minimum atomic E-state index is 0.384. The molecule has 0 aliphatic rings. The highest BCUT2D eigenvalue weighted by Gasteiger charge is 2.06. The normalized spacial score (nSPS) is 11.3. The van der Waals surface area contributed by atoms with Crippen LogP contribution in [0.3, 0.4) is 0 Å². The van der Waals surface area contributed by atoms with E-state index in [1.165, 1.54) is 18.2 Å². The van der Waals surface area contributed by atoms with Crippen LogP contribution in [0.4, 0.5) is 0 Å². The van der Waals surface area contributed by atoms with Crippen LogP contribution < -0.4 is 5.32 Å². The molecule has 0 saturated heterocycles. The first-order chi connectivity index (χ1) is 9.18. The molecule has 0 aromatic heterocycles. The first-order valence-electron chi connectivity index (χ1n) is 7.09. The standard InChI is InChI=1S/C17H23NO/c1-13(2)6-5-11-18-12-16-15-8-4-3-7-14(15)9-10-17(16)19/h3-4,7-10,13,18-19H,5-6,11-12H2,1-2H3. The number of phenolic OH excluding ortho intramolecular Hbond substituents is 1. The summed E-state index contributed by atoms with van der Waals surface area (Å²) in [5, 5.41) is 15.8. The molecule has 0 amide bonds. The summed E-state index contributed by atoms with van der Waals surface area (Å²) in [7, 11) is 0. The average molecular weight is 257 g/mol. The Kier molecular flexibility index (Phi) is 4.80. The third-order valence-electron chi connectivity index (χ3n) is 3.45. The van der Waals surface area contributed by atoms with E-state index in [-0.39, 0.29) is 0 Å². The third-order valence-corrected chi connectivity index (χ3v) is 3.45. The molecule has 0 aliphatic heterocycles.